The highest BCUT2D eigenvalue weighted by atomic mass is 19.1. The molecule has 0 bridgehead atoms. The van der Waals surface area contributed by atoms with Crippen LogP contribution < -0.4 is 5.56 Å². The van der Waals surface area contributed by atoms with Crippen molar-refractivity contribution in [1.82, 2.24) is 24.9 Å². The van der Waals surface area contributed by atoms with E-state index < -0.39 is 5.82 Å². The van der Waals surface area contributed by atoms with Gasteiger partial charge in [0.05, 0.1) is 24.5 Å². The summed E-state index contributed by atoms with van der Waals surface area (Å²) in [6.45, 7) is 3.76. The molecule has 0 saturated carbocycles. The number of hydrogen-bond donors (Lipinski definition) is 1. The number of rotatable bonds is 3. The van der Waals surface area contributed by atoms with Gasteiger partial charge in [-0.15, -0.1) is 0 Å². The second-order valence-electron chi connectivity index (χ2n) is 9.32. The number of carbonyl (C=O) groups excluding carboxylic acids is 2. The van der Waals surface area contributed by atoms with Crippen molar-refractivity contribution in [2.24, 2.45) is 0 Å². The fourth-order valence-electron chi connectivity index (χ4n) is 5.14. The number of nitrogens with zero attached hydrogens (tertiary/aromatic N) is 4. The number of H-pyrrole nitrogens is 1. The van der Waals surface area contributed by atoms with Crippen LogP contribution >= 0.6 is 0 Å². The summed E-state index contributed by atoms with van der Waals surface area (Å²) >= 11 is 0. The van der Waals surface area contributed by atoms with Gasteiger partial charge in [0.2, 0.25) is 0 Å². The molecule has 1 aromatic carbocycles. The minimum absolute atomic E-state index is 0.0220. The van der Waals surface area contributed by atoms with Gasteiger partial charge in [-0.25, -0.2) is 14.3 Å². The first-order valence-corrected chi connectivity index (χ1v) is 12.3. The van der Waals surface area contributed by atoms with Crippen molar-refractivity contribution in [1.29, 1.82) is 0 Å². The zero-order valence-electron chi connectivity index (χ0n) is 19.7. The molecule has 9 nitrogen and oxygen atoms in total. The number of halogens is 1. The molecule has 1 N–H and O–H groups in total. The SMILES string of the molecule is O=C(c1cc(Cc2n[nH]c(=O)c3c2CCCC3)ccc1F)N1CCN(C(=O)N2CCOCC2)CC1. The number of ether oxygens (including phenoxy) is 1. The van der Waals surface area contributed by atoms with E-state index in [9.17, 15) is 18.8 Å². The predicted octanol–water partition coefficient (Wildman–Crippen LogP) is 1.59. The first kappa shape index (κ1) is 23.5. The number of aromatic nitrogens is 2. The van der Waals surface area contributed by atoms with Gasteiger partial charge in [-0.05, 0) is 48.9 Å². The normalized spacial score (nSPS) is 18.4. The third-order valence-corrected chi connectivity index (χ3v) is 7.13. The van der Waals surface area contributed by atoms with Gasteiger partial charge in [0.1, 0.15) is 5.82 Å². The summed E-state index contributed by atoms with van der Waals surface area (Å²) in [5, 5.41) is 6.85. The largest absolute Gasteiger partial charge is 0.378 e. The second kappa shape index (κ2) is 10.2. The van der Waals surface area contributed by atoms with Crippen LogP contribution in [0.3, 0.4) is 0 Å². The fraction of sp³-hybridized carbons (Fsp3) is 0.520. The molecule has 2 saturated heterocycles. The molecule has 0 unspecified atom stereocenters. The van der Waals surface area contributed by atoms with Crippen molar-refractivity contribution < 1.29 is 18.7 Å². The maximum Gasteiger partial charge on any atom is 0.320 e. The van der Waals surface area contributed by atoms with Crippen molar-refractivity contribution in [2.45, 2.75) is 32.1 Å². The number of fused-ring (bicyclic) bond motifs is 1. The van der Waals surface area contributed by atoms with Crippen LogP contribution in [0.4, 0.5) is 9.18 Å². The number of hydrogen-bond acceptors (Lipinski definition) is 5. The molecule has 186 valence electrons. The van der Waals surface area contributed by atoms with Gasteiger partial charge in [-0.2, -0.15) is 5.10 Å². The van der Waals surface area contributed by atoms with E-state index in [2.05, 4.69) is 10.2 Å². The quantitative estimate of drug-likeness (QED) is 0.715. The van der Waals surface area contributed by atoms with E-state index in [4.69, 9.17) is 4.74 Å². The molecule has 0 atom stereocenters. The molecule has 1 aromatic heterocycles. The highest BCUT2D eigenvalue weighted by molar-refractivity contribution is 5.95. The molecule has 5 rings (SSSR count). The summed E-state index contributed by atoms with van der Waals surface area (Å²) in [4.78, 5) is 43.1. The van der Waals surface area contributed by atoms with Crippen molar-refractivity contribution in [3.63, 3.8) is 0 Å². The third-order valence-electron chi connectivity index (χ3n) is 7.13. The van der Waals surface area contributed by atoms with Gasteiger partial charge in [0, 0.05) is 51.3 Å². The number of carbonyl (C=O) groups is 2. The van der Waals surface area contributed by atoms with E-state index in [0.717, 1.165) is 48.1 Å². The average molecular weight is 484 g/mol. The van der Waals surface area contributed by atoms with Crippen molar-refractivity contribution in [2.75, 3.05) is 52.5 Å². The maximum atomic E-state index is 14.7. The molecular formula is C25H30FN5O4. The molecule has 2 aliphatic heterocycles. The van der Waals surface area contributed by atoms with E-state index in [1.807, 2.05) is 0 Å². The molecule has 0 spiro atoms. The first-order chi connectivity index (χ1) is 17.0. The zero-order chi connectivity index (χ0) is 24.4. The highest BCUT2D eigenvalue weighted by Gasteiger charge is 2.29. The number of benzene rings is 1. The molecule has 1 aliphatic carbocycles. The summed E-state index contributed by atoms with van der Waals surface area (Å²) in [7, 11) is 0. The molecular weight excluding hydrogens is 453 g/mol. The Morgan fingerprint density at radius 2 is 1.60 bits per heavy atom. The summed E-state index contributed by atoms with van der Waals surface area (Å²) in [6.07, 6.45) is 3.97. The van der Waals surface area contributed by atoms with Crippen molar-refractivity contribution >= 4 is 11.9 Å². The number of urea groups is 1. The van der Waals surface area contributed by atoms with Crippen LogP contribution in [-0.4, -0.2) is 89.3 Å². The van der Waals surface area contributed by atoms with E-state index in [1.165, 1.54) is 6.07 Å². The molecule has 3 aliphatic rings. The Balaban J connectivity index is 1.27. The Morgan fingerprint density at radius 3 is 2.34 bits per heavy atom. The van der Waals surface area contributed by atoms with Crippen molar-refractivity contribution in [3.8, 4) is 0 Å². The van der Waals surface area contributed by atoms with Crippen LogP contribution in [0.15, 0.2) is 23.0 Å². The first-order valence-electron chi connectivity index (χ1n) is 12.3. The average Bonchev–Trinajstić information content (AvgIpc) is 2.91. The van der Waals surface area contributed by atoms with Crippen LogP contribution in [-0.2, 0) is 24.0 Å². The standard InChI is InChI=1S/C25H30FN5O4/c26-21-6-5-17(16-22-18-3-1-2-4-19(18)23(32)28-27-22)15-20(21)24(33)29-7-9-30(10-8-29)25(34)31-11-13-35-14-12-31/h5-6,15H,1-4,7-14,16H2,(H,28,32). The van der Waals surface area contributed by atoms with Crippen LogP contribution in [0, 0.1) is 5.82 Å². The Kier molecular flexibility index (Phi) is 6.81. The number of nitrogens with one attached hydrogen (secondary N) is 1. The Hall–Kier alpha value is -3.27. The lowest BCUT2D eigenvalue weighted by Crippen LogP contribution is -2.55. The number of amides is 3. The fourth-order valence-corrected chi connectivity index (χ4v) is 5.14. The summed E-state index contributed by atoms with van der Waals surface area (Å²) in [5.74, 6) is -0.943. The number of piperazine rings is 1. The lowest BCUT2D eigenvalue weighted by atomic mass is 9.90. The lowest BCUT2D eigenvalue weighted by Gasteiger charge is -2.38. The molecule has 0 radical (unpaired) electrons. The van der Waals surface area contributed by atoms with Crippen LogP contribution in [0.1, 0.15) is 45.6 Å². The van der Waals surface area contributed by atoms with Crippen LogP contribution in [0.25, 0.3) is 0 Å². The molecule has 35 heavy (non-hydrogen) atoms. The summed E-state index contributed by atoms with van der Waals surface area (Å²) in [6, 6.07) is 4.53. The predicted molar refractivity (Wildman–Crippen MR) is 126 cm³/mol. The maximum absolute atomic E-state index is 14.7. The van der Waals surface area contributed by atoms with Gasteiger partial charge in [0.15, 0.2) is 0 Å². The molecule has 2 aromatic rings. The molecule has 2 fully saturated rings. The minimum Gasteiger partial charge on any atom is -0.378 e. The Labute approximate surface area is 202 Å². The topological polar surface area (TPSA) is 98.8 Å². The minimum atomic E-state index is -0.568. The van der Waals surface area contributed by atoms with Crippen molar-refractivity contribution in [3.05, 3.63) is 62.3 Å². The Morgan fingerprint density at radius 1 is 0.943 bits per heavy atom. The zero-order valence-corrected chi connectivity index (χ0v) is 19.7. The third kappa shape index (κ3) is 4.93. The van der Waals surface area contributed by atoms with E-state index in [0.29, 0.717) is 58.9 Å². The van der Waals surface area contributed by atoms with Gasteiger partial charge in [-0.3, -0.25) is 9.59 Å². The second-order valence-corrected chi connectivity index (χ2v) is 9.32. The van der Waals surface area contributed by atoms with Crippen LogP contribution in [0.5, 0.6) is 0 Å². The van der Waals surface area contributed by atoms with Gasteiger partial charge < -0.3 is 19.4 Å². The number of aromatic amines is 1. The number of morpholine rings is 1. The van der Waals surface area contributed by atoms with E-state index >= 15 is 0 Å². The summed E-state index contributed by atoms with van der Waals surface area (Å²) < 4.78 is 20.0. The highest BCUT2D eigenvalue weighted by Crippen LogP contribution is 2.23. The lowest BCUT2D eigenvalue weighted by molar-refractivity contribution is 0.0362. The van der Waals surface area contributed by atoms with E-state index in [1.54, 1.807) is 26.8 Å². The summed E-state index contributed by atoms with van der Waals surface area (Å²) in [5.41, 5.74) is 3.21. The van der Waals surface area contributed by atoms with E-state index in [-0.39, 0.29) is 23.1 Å². The van der Waals surface area contributed by atoms with Crippen LogP contribution in [0.2, 0.25) is 0 Å². The molecule has 3 amide bonds. The monoisotopic (exact) mass is 483 g/mol. The molecule has 3 heterocycles. The van der Waals surface area contributed by atoms with Gasteiger partial charge in [0.25, 0.3) is 11.5 Å². The van der Waals surface area contributed by atoms with Gasteiger partial charge in [-0.1, -0.05) is 6.07 Å². The Bertz CT molecular complexity index is 1170. The smallest absolute Gasteiger partial charge is 0.320 e. The molecule has 10 heteroatoms. The van der Waals surface area contributed by atoms with Gasteiger partial charge >= 0.3 is 6.03 Å².